The largest absolute Gasteiger partial charge is 0.478 e. The number of carboxylic acids is 1. The van der Waals surface area contributed by atoms with Crippen molar-refractivity contribution < 1.29 is 9.90 Å². The lowest BCUT2D eigenvalue weighted by atomic mass is 9.98. The first-order valence-corrected chi connectivity index (χ1v) is 11.5. The second-order valence-electron chi connectivity index (χ2n) is 9.35. The van der Waals surface area contributed by atoms with Crippen molar-refractivity contribution >= 4 is 5.97 Å². The third kappa shape index (κ3) is 5.78. The zero-order valence-electron chi connectivity index (χ0n) is 19.5. The van der Waals surface area contributed by atoms with E-state index in [0.717, 1.165) is 42.6 Å². The van der Waals surface area contributed by atoms with Crippen LogP contribution in [-0.2, 0) is 19.5 Å². The highest BCUT2D eigenvalue weighted by Crippen LogP contribution is 2.24. The molecule has 32 heavy (non-hydrogen) atoms. The molecule has 2 aromatic carbocycles. The molecule has 1 N–H and O–H groups in total. The van der Waals surface area contributed by atoms with Gasteiger partial charge in [0.05, 0.1) is 12.1 Å². The monoisotopic (exact) mass is 434 g/mol. The van der Waals surface area contributed by atoms with Crippen LogP contribution in [-0.4, -0.2) is 20.2 Å². The van der Waals surface area contributed by atoms with E-state index >= 15 is 0 Å². The van der Waals surface area contributed by atoms with Crippen molar-refractivity contribution in [3.63, 3.8) is 0 Å². The summed E-state index contributed by atoms with van der Waals surface area (Å²) in [4.78, 5) is 24.7. The smallest absolute Gasteiger partial charge is 0.336 e. The Morgan fingerprint density at radius 3 is 2.22 bits per heavy atom. The number of aromatic nitrogens is 2. The second-order valence-corrected chi connectivity index (χ2v) is 9.35. The Bertz CT molecular complexity index is 1100. The summed E-state index contributed by atoms with van der Waals surface area (Å²) in [6.45, 7) is 10.0. The molecule has 3 rings (SSSR count). The quantitative estimate of drug-likeness (QED) is 0.445. The van der Waals surface area contributed by atoms with Crippen LogP contribution in [0.3, 0.4) is 0 Å². The van der Waals surface area contributed by atoms with E-state index in [0.29, 0.717) is 23.9 Å². The Morgan fingerprint density at radius 2 is 1.59 bits per heavy atom. The molecule has 0 unspecified atom stereocenters. The number of nitrogens with zero attached hydrogens (tertiary/aromatic N) is 2. The Hall–Kier alpha value is -3.08. The van der Waals surface area contributed by atoms with Crippen LogP contribution in [0.25, 0.3) is 11.1 Å². The highest BCUT2D eigenvalue weighted by molar-refractivity contribution is 5.95. The Balaban J connectivity index is 1.87. The lowest BCUT2D eigenvalue weighted by Gasteiger charge is -2.10. The van der Waals surface area contributed by atoms with Gasteiger partial charge >= 0.3 is 11.7 Å². The van der Waals surface area contributed by atoms with E-state index in [1.54, 1.807) is 12.1 Å². The second kappa shape index (κ2) is 10.5. The molecule has 170 valence electrons. The number of hydrogen-bond donors (Lipinski definition) is 1. The van der Waals surface area contributed by atoms with Gasteiger partial charge in [-0.25, -0.2) is 9.59 Å². The molecule has 0 radical (unpaired) electrons. The molecule has 0 aliphatic rings. The first-order chi connectivity index (χ1) is 15.3. The van der Waals surface area contributed by atoms with Gasteiger partial charge in [-0.1, -0.05) is 70.2 Å². The van der Waals surface area contributed by atoms with Gasteiger partial charge in [-0.05, 0) is 53.9 Å². The molecule has 5 nitrogen and oxygen atoms in total. The van der Waals surface area contributed by atoms with Gasteiger partial charge in [0.25, 0.3) is 0 Å². The Labute approximate surface area is 190 Å². The van der Waals surface area contributed by atoms with Crippen molar-refractivity contribution in [1.29, 1.82) is 0 Å². The molecule has 0 spiro atoms. The van der Waals surface area contributed by atoms with E-state index in [1.807, 2.05) is 51.7 Å². The topological polar surface area (TPSA) is 64.2 Å². The van der Waals surface area contributed by atoms with Crippen LogP contribution in [0.1, 0.15) is 62.2 Å². The average Bonchev–Trinajstić information content (AvgIpc) is 3.06. The number of carbonyl (C=O) groups is 1. The normalized spacial score (nSPS) is 11.4. The van der Waals surface area contributed by atoms with Crippen molar-refractivity contribution in [2.24, 2.45) is 11.8 Å². The fourth-order valence-electron chi connectivity index (χ4n) is 3.84. The lowest BCUT2D eigenvalue weighted by Crippen LogP contribution is -2.26. The van der Waals surface area contributed by atoms with Gasteiger partial charge < -0.3 is 5.11 Å². The molecule has 0 saturated carbocycles. The van der Waals surface area contributed by atoms with Crippen LogP contribution >= 0.6 is 0 Å². The number of hydrogen-bond acceptors (Lipinski definition) is 2. The maximum Gasteiger partial charge on any atom is 0.336 e. The molecule has 0 fully saturated rings. The van der Waals surface area contributed by atoms with E-state index < -0.39 is 5.97 Å². The van der Waals surface area contributed by atoms with E-state index in [9.17, 15) is 14.7 Å². The molecule has 0 bridgehead atoms. The summed E-state index contributed by atoms with van der Waals surface area (Å²) in [5, 5.41) is 9.47. The fraction of sp³-hybridized carbons (Fsp3) is 0.407. The Kier molecular flexibility index (Phi) is 7.73. The van der Waals surface area contributed by atoms with E-state index in [1.165, 1.54) is 0 Å². The van der Waals surface area contributed by atoms with Crippen LogP contribution < -0.4 is 5.69 Å². The number of aromatic carboxylic acids is 1. The fourth-order valence-corrected chi connectivity index (χ4v) is 3.84. The molecule has 3 aromatic rings. The van der Waals surface area contributed by atoms with Gasteiger partial charge in [-0.2, -0.15) is 0 Å². The molecular formula is C27H34N2O3. The molecular weight excluding hydrogens is 400 g/mol. The van der Waals surface area contributed by atoms with Crippen molar-refractivity contribution in [2.75, 3.05) is 0 Å². The van der Waals surface area contributed by atoms with Crippen molar-refractivity contribution in [2.45, 2.75) is 60.0 Å². The first kappa shape index (κ1) is 23.6. The van der Waals surface area contributed by atoms with Crippen LogP contribution in [0.15, 0.2) is 59.5 Å². The third-order valence-electron chi connectivity index (χ3n) is 5.82. The molecule has 5 heteroatoms. The van der Waals surface area contributed by atoms with E-state index in [2.05, 4.69) is 27.7 Å². The van der Waals surface area contributed by atoms with E-state index in [4.69, 9.17) is 0 Å². The number of aryl methyl sites for hydroxylation is 2. The number of benzene rings is 2. The standard InChI is InChI=1S/C27H34N2O3/c1-19(2)9-14-23-18-28(16-15-20(3)4)27(32)29(23)17-21-10-12-22(13-11-21)24-7-5-6-8-25(24)26(30)31/h5-8,10-13,18-20H,9,14-17H2,1-4H3,(H,30,31). The van der Waals surface area contributed by atoms with Crippen molar-refractivity contribution in [3.05, 3.63) is 82.0 Å². The van der Waals surface area contributed by atoms with E-state index in [-0.39, 0.29) is 11.3 Å². The maximum absolute atomic E-state index is 13.1. The lowest BCUT2D eigenvalue weighted by molar-refractivity contribution is 0.0697. The molecule has 0 saturated heterocycles. The van der Waals surface area contributed by atoms with Crippen LogP contribution in [0.4, 0.5) is 0 Å². The molecule has 1 heterocycles. The first-order valence-electron chi connectivity index (χ1n) is 11.5. The minimum Gasteiger partial charge on any atom is -0.478 e. The SMILES string of the molecule is CC(C)CCc1cn(CCC(C)C)c(=O)n1Cc1ccc(-c2ccccc2C(=O)O)cc1. The molecule has 0 aliphatic heterocycles. The number of imidazole rings is 1. The minimum absolute atomic E-state index is 0.0460. The van der Waals surface area contributed by atoms with Gasteiger partial charge in [-0.15, -0.1) is 0 Å². The summed E-state index contributed by atoms with van der Waals surface area (Å²) >= 11 is 0. The minimum atomic E-state index is -0.936. The maximum atomic E-state index is 13.1. The zero-order chi connectivity index (χ0) is 23.3. The highest BCUT2D eigenvalue weighted by Gasteiger charge is 2.14. The summed E-state index contributed by atoms with van der Waals surface area (Å²) in [7, 11) is 0. The summed E-state index contributed by atoms with van der Waals surface area (Å²) in [6.07, 6.45) is 4.93. The van der Waals surface area contributed by atoms with Gasteiger partial charge in [-0.3, -0.25) is 9.13 Å². The van der Waals surface area contributed by atoms with Crippen molar-refractivity contribution in [3.8, 4) is 11.1 Å². The number of carboxylic acid groups (broad SMARTS) is 1. The third-order valence-corrected chi connectivity index (χ3v) is 5.82. The summed E-state index contributed by atoms with van der Waals surface area (Å²) in [5.74, 6) is 0.186. The van der Waals surface area contributed by atoms with Gasteiger partial charge in [0.2, 0.25) is 0 Å². The Morgan fingerprint density at radius 1 is 0.938 bits per heavy atom. The summed E-state index contributed by atoms with van der Waals surface area (Å²) in [5.41, 5.74) is 3.98. The predicted octanol–water partition coefficient (Wildman–Crippen LogP) is 5.70. The number of rotatable bonds is 10. The molecule has 0 atom stereocenters. The molecule has 0 aliphatic carbocycles. The van der Waals surface area contributed by atoms with Gasteiger partial charge in [0, 0.05) is 18.4 Å². The average molecular weight is 435 g/mol. The predicted molar refractivity (Wildman–Crippen MR) is 129 cm³/mol. The molecule has 1 aromatic heterocycles. The van der Waals surface area contributed by atoms with Crippen LogP contribution in [0, 0.1) is 11.8 Å². The van der Waals surface area contributed by atoms with Crippen LogP contribution in [0.5, 0.6) is 0 Å². The summed E-state index contributed by atoms with van der Waals surface area (Å²) < 4.78 is 3.75. The highest BCUT2D eigenvalue weighted by atomic mass is 16.4. The van der Waals surface area contributed by atoms with Crippen LogP contribution in [0.2, 0.25) is 0 Å². The van der Waals surface area contributed by atoms with Gasteiger partial charge in [0.1, 0.15) is 0 Å². The summed E-state index contributed by atoms with van der Waals surface area (Å²) in [6, 6.07) is 14.9. The van der Waals surface area contributed by atoms with Gasteiger partial charge in [0.15, 0.2) is 0 Å². The zero-order valence-corrected chi connectivity index (χ0v) is 19.5. The molecule has 0 amide bonds. The van der Waals surface area contributed by atoms with Crippen molar-refractivity contribution in [1.82, 2.24) is 9.13 Å².